The maximum absolute atomic E-state index is 13.5. The van der Waals surface area contributed by atoms with E-state index in [1.165, 1.54) is 4.31 Å². The Bertz CT molecular complexity index is 984. The van der Waals surface area contributed by atoms with Gasteiger partial charge in [-0.05, 0) is 62.6 Å². The van der Waals surface area contributed by atoms with Crippen LogP contribution < -0.4 is 4.31 Å². The van der Waals surface area contributed by atoms with Crippen LogP contribution in [-0.2, 0) is 14.8 Å². The molecule has 0 unspecified atom stereocenters. The van der Waals surface area contributed by atoms with Gasteiger partial charge in [0.2, 0.25) is 5.91 Å². The van der Waals surface area contributed by atoms with Gasteiger partial charge in [-0.3, -0.25) is 9.10 Å². The SMILES string of the molecule is Cc1ccc(S(=O)(=O)N(CC(=O)N(C)C2CCCC2)c2ccc(Cl)cc2C)cc1. The molecule has 156 valence electrons. The van der Waals surface area contributed by atoms with Gasteiger partial charge in [-0.15, -0.1) is 0 Å². The number of amides is 1. The summed E-state index contributed by atoms with van der Waals surface area (Å²) in [5.41, 5.74) is 2.13. The smallest absolute Gasteiger partial charge is 0.264 e. The minimum Gasteiger partial charge on any atom is -0.341 e. The second-order valence-electron chi connectivity index (χ2n) is 7.70. The van der Waals surface area contributed by atoms with Gasteiger partial charge in [-0.1, -0.05) is 42.1 Å². The molecule has 0 heterocycles. The Morgan fingerprint density at radius 3 is 2.28 bits per heavy atom. The van der Waals surface area contributed by atoms with Crippen LogP contribution in [0.15, 0.2) is 47.4 Å². The average Bonchev–Trinajstić information content (AvgIpc) is 3.21. The predicted molar refractivity (Wildman–Crippen MR) is 117 cm³/mol. The third kappa shape index (κ3) is 4.75. The topological polar surface area (TPSA) is 57.7 Å². The standard InChI is InChI=1S/C22H27ClN2O3S/c1-16-8-11-20(12-9-16)29(27,28)25(21-13-10-18(23)14-17(21)2)15-22(26)24(3)19-6-4-5-7-19/h8-14,19H,4-7,15H2,1-3H3. The molecule has 5 nitrogen and oxygen atoms in total. The summed E-state index contributed by atoms with van der Waals surface area (Å²) in [5, 5.41) is 0.522. The molecule has 1 saturated carbocycles. The lowest BCUT2D eigenvalue weighted by Crippen LogP contribution is -2.44. The molecule has 2 aromatic carbocycles. The number of benzene rings is 2. The Labute approximate surface area is 178 Å². The number of sulfonamides is 1. The van der Waals surface area contributed by atoms with E-state index in [-0.39, 0.29) is 23.4 Å². The molecular formula is C22H27ClN2O3S. The van der Waals surface area contributed by atoms with Crippen molar-refractivity contribution in [3.05, 3.63) is 58.6 Å². The van der Waals surface area contributed by atoms with Gasteiger partial charge in [0.1, 0.15) is 6.54 Å². The molecule has 0 spiro atoms. The summed E-state index contributed by atoms with van der Waals surface area (Å²) < 4.78 is 28.2. The molecule has 29 heavy (non-hydrogen) atoms. The zero-order valence-corrected chi connectivity index (χ0v) is 18.6. The summed E-state index contributed by atoms with van der Waals surface area (Å²) in [6.07, 6.45) is 4.13. The highest BCUT2D eigenvalue weighted by atomic mass is 35.5. The molecule has 0 bridgehead atoms. The highest BCUT2D eigenvalue weighted by molar-refractivity contribution is 7.92. The molecule has 1 aliphatic rings. The largest absolute Gasteiger partial charge is 0.341 e. The monoisotopic (exact) mass is 434 g/mol. The highest BCUT2D eigenvalue weighted by Crippen LogP contribution is 2.30. The average molecular weight is 435 g/mol. The van der Waals surface area contributed by atoms with Gasteiger partial charge in [-0.25, -0.2) is 8.42 Å². The quantitative estimate of drug-likeness (QED) is 0.669. The highest BCUT2D eigenvalue weighted by Gasteiger charge is 2.31. The minimum absolute atomic E-state index is 0.161. The molecule has 0 atom stereocenters. The second-order valence-corrected chi connectivity index (χ2v) is 10.00. The van der Waals surface area contributed by atoms with E-state index in [4.69, 9.17) is 11.6 Å². The Balaban J connectivity index is 1.99. The Morgan fingerprint density at radius 1 is 1.07 bits per heavy atom. The van der Waals surface area contributed by atoms with E-state index in [9.17, 15) is 13.2 Å². The molecule has 1 fully saturated rings. The number of likely N-dealkylation sites (N-methyl/N-ethyl adjacent to an activating group) is 1. The second kappa shape index (κ2) is 8.76. The number of hydrogen-bond acceptors (Lipinski definition) is 3. The summed E-state index contributed by atoms with van der Waals surface area (Å²) >= 11 is 6.07. The number of hydrogen-bond donors (Lipinski definition) is 0. The van der Waals surface area contributed by atoms with Crippen LogP contribution in [0.2, 0.25) is 5.02 Å². The number of aryl methyl sites for hydroxylation is 2. The van der Waals surface area contributed by atoms with Gasteiger partial charge < -0.3 is 4.90 Å². The number of nitrogens with zero attached hydrogens (tertiary/aromatic N) is 2. The van der Waals surface area contributed by atoms with Crippen molar-refractivity contribution < 1.29 is 13.2 Å². The summed E-state index contributed by atoms with van der Waals surface area (Å²) in [6.45, 7) is 3.45. The van der Waals surface area contributed by atoms with Crippen LogP contribution in [0.25, 0.3) is 0 Å². The molecule has 2 aromatic rings. The van der Waals surface area contributed by atoms with Crippen molar-refractivity contribution in [2.24, 2.45) is 0 Å². The van der Waals surface area contributed by atoms with Crippen molar-refractivity contribution >= 4 is 33.2 Å². The van der Waals surface area contributed by atoms with Gasteiger partial charge in [0, 0.05) is 18.1 Å². The maximum Gasteiger partial charge on any atom is 0.264 e. The summed E-state index contributed by atoms with van der Waals surface area (Å²) in [5.74, 6) is -0.207. The van der Waals surface area contributed by atoms with Crippen LogP contribution in [0, 0.1) is 13.8 Å². The van der Waals surface area contributed by atoms with E-state index in [2.05, 4.69) is 0 Å². The van der Waals surface area contributed by atoms with E-state index in [0.29, 0.717) is 16.3 Å². The van der Waals surface area contributed by atoms with Crippen molar-refractivity contribution in [3.8, 4) is 0 Å². The molecule has 1 amide bonds. The lowest BCUT2D eigenvalue weighted by atomic mass is 10.2. The molecule has 0 N–H and O–H groups in total. The summed E-state index contributed by atoms with van der Waals surface area (Å²) in [7, 11) is -2.15. The van der Waals surface area contributed by atoms with Crippen LogP contribution in [0.5, 0.6) is 0 Å². The van der Waals surface area contributed by atoms with Crippen molar-refractivity contribution in [1.29, 1.82) is 0 Å². The molecule has 1 aliphatic carbocycles. The molecule has 3 rings (SSSR count). The third-order valence-corrected chi connectivity index (χ3v) is 7.59. The van der Waals surface area contributed by atoms with E-state index in [1.807, 2.05) is 6.92 Å². The first-order valence-corrected chi connectivity index (χ1v) is 11.6. The molecule has 0 aromatic heterocycles. The minimum atomic E-state index is -3.92. The number of carbonyl (C=O) groups is 1. The first-order chi connectivity index (χ1) is 13.7. The van der Waals surface area contributed by atoms with Gasteiger partial charge in [0.15, 0.2) is 0 Å². The lowest BCUT2D eigenvalue weighted by molar-refractivity contribution is -0.130. The summed E-state index contributed by atoms with van der Waals surface area (Å²) in [4.78, 5) is 14.9. The molecule has 7 heteroatoms. The Kier molecular flexibility index (Phi) is 6.54. The van der Waals surface area contributed by atoms with Crippen molar-refractivity contribution in [2.45, 2.75) is 50.5 Å². The molecular weight excluding hydrogens is 408 g/mol. The van der Waals surface area contributed by atoms with E-state index in [0.717, 1.165) is 31.2 Å². The number of rotatable bonds is 6. The normalized spacial score (nSPS) is 14.8. The van der Waals surface area contributed by atoms with Crippen molar-refractivity contribution in [1.82, 2.24) is 4.90 Å². The van der Waals surface area contributed by atoms with Gasteiger partial charge in [0.05, 0.1) is 10.6 Å². The van der Waals surface area contributed by atoms with E-state index < -0.39 is 10.0 Å². The number of anilines is 1. The van der Waals surface area contributed by atoms with E-state index in [1.54, 1.807) is 61.3 Å². The predicted octanol–water partition coefficient (Wildman–Crippen LogP) is 4.55. The fraction of sp³-hybridized carbons (Fsp3) is 0.409. The fourth-order valence-electron chi connectivity index (χ4n) is 3.77. The zero-order chi connectivity index (χ0) is 21.2. The molecule has 0 radical (unpaired) electrons. The Morgan fingerprint density at radius 2 is 1.69 bits per heavy atom. The summed E-state index contributed by atoms with van der Waals surface area (Å²) in [6, 6.07) is 11.9. The number of carbonyl (C=O) groups excluding carboxylic acids is 1. The third-order valence-electron chi connectivity index (χ3n) is 5.58. The number of halogens is 1. The fourth-order valence-corrected chi connectivity index (χ4v) is 5.47. The first-order valence-electron chi connectivity index (χ1n) is 9.81. The van der Waals surface area contributed by atoms with Crippen molar-refractivity contribution in [2.75, 3.05) is 17.9 Å². The molecule has 0 aliphatic heterocycles. The van der Waals surface area contributed by atoms with Crippen LogP contribution in [0.4, 0.5) is 5.69 Å². The Hall–Kier alpha value is -2.05. The van der Waals surface area contributed by atoms with Crippen molar-refractivity contribution in [3.63, 3.8) is 0 Å². The first kappa shape index (κ1) is 21.7. The van der Waals surface area contributed by atoms with Gasteiger partial charge in [0.25, 0.3) is 10.0 Å². The van der Waals surface area contributed by atoms with Crippen LogP contribution >= 0.6 is 11.6 Å². The van der Waals surface area contributed by atoms with Crippen LogP contribution in [0.1, 0.15) is 36.8 Å². The lowest BCUT2D eigenvalue weighted by Gasteiger charge is -2.30. The van der Waals surface area contributed by atoms with Crippen LogP contribution in [0.3, 0.4) is 0 Å². The molecule has 0 saturated heterocycles. The van der Waals surface area contributed by atoms with Gasteiger partial charge >= 0.3 is 0 Å². The van der Waals surface area contributed by atoms with Crippen LogP contribution in [-0.4, -0.2) is 38.9 Å². The maximum atomic E-state index is 13.5. The zero-order valence-electron chi connectivity index (χ0n) is 17.1. The van der Waals surface area contributed by atoms with Gasteiger partial charge in [-0.2, -0.15) is 0 Å². The van der Waals surface area contributed by atoms with E-state index >= 15 is 0 Å².